The zero-order valence-corrected chi connectivity index (χ0v) is 16.5. The molecule has 0 saturated carbocycles. The van der Waals surface area contributed by atoms with Gasteiger partial charge in [0.25, 0.3) is 0 Å². The summed E-state index contributed by atoms with van der Waals surface area (Å²) >= 11 is 0. The third-order valence-electron chi connectivity index (χ3n) is 5.09. The molecule has 0 unspecified atom stereocenters. The fourth-order valence-corrected chi connectivity index (χ4v) is 3.51. The van der Waals surface area contributed by atoms with E-state index in [9.17, 15) is 0 Å². The van der Waals surface area contributed by atoms with E-state index in [2.05, 4.69) is 70.8 Å². The highest BCUT2D eigenvalue weighted by atomic mass is 15.2. The molecular weight excluding hydrogens is 334 g/mol. The Kier molecular flexibility index (Phi) is 7.08. The van der Waals surface area contributed by atoms with Crippen molar-refractivity contribution in [2.24, 2.45) is 4.99 Å². The van der Waals surface area contributed by atoms with Gasteiger partial charge in [-0.3, -0.25) is 9.98 Å². The van der Waals surface area contributed by atoms with Crippen molar-refractivity contribution in [2.75, 3.05) is 31.1 Å². The van der Waals surface area contributed by atoms with E-state index in [0.29, 0.717) is 6.04 Å². The molecule has 0 atom stereocenters. The second-order valence-electron chi connectivity index (χ2n) is 7.05. The number of benzene rings is 1. The Hall–Kier alpha value is -2.56. The van der Waals surface area contributed by atoms with Crippen molar-refractivity contribution in [2.45, 2.75) is 39.2 Å². The topological polar surface area (TPSA) is 52.6 Å². The van der Waals surface area contributed by atoms with Crippen LogP contribution < -0.4 is 15.5 Å². The van der Waals surface area contributed by atoms with Crippen LogP contribution in [-0.4, -0.2) is 43.2 Å². The van der Waals surface area contributed by atoms with Crippen LogP contribution in [0, 0.1) is 6.92 Å². The van der Waals surface area contributed by atoms with Crippen LogP contribution in [-0.2, 0) is 6.42 Å². The Morgan fingerprint density at radius 2 is 1.96 bits per heavy atom. The molecule has 0 bridgehead atoms. The standard InChI is InChI=1S/C22H31N5/c1-3-24-22(25-14-10-19-9-13-23-17-18(19)2)26-20-11-15-27(16-12-20)21-7-5-4-6-8-21/h4-9,13,17,20H,3,10-12,14-16H2,1-2H3,(H2,24,25,26). The lowest BCUT2D eigenvalue weighted by molar-refractivity contribution is 0.461. The molecule has 0 spiro atoms. The minimum absolute atomic E-state index is 0.477. The van der Waals surface area contributed by atoms with Crippen LogP contribution >= 0.6 is 0 Å². The summed E-state index contributed by atoms with van der Waals surface area (Å²) in [5, 5.41) is 7.02. The lowest BCUT2D eigenvalue weighted by Gasteiger charge is -2.34. The molecule has 2 N–H and O–H groups in total. The van der Waals surface area contributed by atoms with Crippen molar-refractivity contribution in [3.05, 3.63) is 59.9 Å². The highest BCUT2D eigenvalue weighted by Gasteiger charge is 2.20. The quantitative estimate of drug-likeness (QED) is 0.610. The lowest BCUT2D eigenvalue weighted by atomic mass is 10.0. The second kappa shape index (κ2) is 9.95. The van der Waals surface area contributed by atoms with Gasteiger partial charge in [0, 0.05) is 50.3 Å². The number of anilines is 1. The van der Waals surface area contributed by atoms with Crippen LogP contribution in [0.4, 0.5) is 5.69 Å². The first-order valence-corrected chi connectivity index (χ1v) is 10.0. The van der Waals surface area contributed by atoms with E-state index in [0.717, 1.165) is 51.4 Å². The average Bonchev–Trinajstić information content (AvgIpc) is 2.71. The minimum atomic E-state index is 0.477. The van der Waals surface area contributed by atoms with Gasteiger partial charge < -0.3 is 15.5 Å². The molecule has 1 aromatic carbocycles. The molecule has 1 aromatic heterocycles. The molecule has 1 saturated heterocycles. The van der Waals surface area contributed by atoms with E-state index in [-0.39, 0.29) is 0 Å². The van der Waals surface area contributed by atoms with Gasteiger partial charge in [-0.05, 0) is 62.4 Å². The fraction of sp³-hybridized carbons (Fsp3) is 0.455. The monoisotopic (exact) mass is 365 g/mol. The normalized spacial score (nSPS) is 15.6. The van der Waals surface area contributed by atoms with Gasteiger partial charge >= 0.3 is 0 Å². The number of nitrogens with one attached hydrogen (secondary N) is 2. The number of aliphatic imine (C=N–C) groups is 1. The third kappa shape index (κ3) is 5.71. The van der Waals surface area contributed by atoms with Crippen molar-refractivity contribution in [3.63, 3.8) is 0 Å². The summed E-state index contributed by atoms with van der Waals surface area (Å²) in [4.78, 5) is 11.4. The molecule has 1 aliphatic heterocycles. The van der Waals surface area contributed by atoms with Gasteiger partial charge in [-0.1, -0.05) is 18.2 Å². The first kappa shape index (κ1) is 19.2. The maximum Gasteiger partial charge on any atom is 0.191 e. The van der Waals surface area contributed by atoms with Crippen LogP contribution in [0.5, 0.6) is 0 Å². The first-order valence-electron chi connectivity index (χ1n) is 10.0. The highest BCUT2D eigenvalue weighted by molar-refractivity contribution is 5.80. The molecule has 1 fully saturated rings. The second-order valence-corrected chi connectivity index (χ2v) is 7.05. The lowest BCUT2D eigenvalue weighted by Crippen LogP contribution is -2.48. The molecule has 1 aliphatic rings. The van der Waals surface area contributed by atoms with E-state index < -0.39 is 0 Å². The van der Waals surface area contributed by atoms with Gasteiger partial charge in [0.1, 0.15) is 0 Å². The molecule has 2 aromatic rings. The van der Waals surface area contributed by atoms with Crippen molar-refractivity contribution in [3.8, 4) is 0 Å². The van der Waals surface area contributed by atoms with Crippen LogP contribution in [0.2, 0.25) is 0 Å². The molecule has 144 valence electrons. The van der Waals surface area contributed by atoms with Crippen LogP contribution in [0.1, 0.15) is 30.9 Å². The minimum Gasteiger partial charge on any atom is -0.371 e. The molecule has 3 rings (SSSR count). The number of hydrogen-bond donors (Lipinski definition) is 2. The SMILES string of the molecule is CCNC(=NCCc1ccncc1C)NC1CCN(c2ccccc2)CC1. The largest absolute Gasteiger partial charge is 0.371 e. The van der Waals surface area contributed by atoms with Crippen LogP contribution in [0.3, 0.4) is 0 Å². The summed E-state index contributed by atoms with van der Waals surface area (Å²) in [6, 6.07) is 13.3. The highest BCUT2D eigenvalue weighted by Crippen LogP contribution is 2.19. The number of aryl methyl sites for hydroxylation is 1. The molecule has 0 radical (unpaired) electrons. The van der Waals surface area contributed by atoms with E-state index >= 15 is 0 Å². The Balaban J connectivity index is 1.50. The molecular formula is C22H31N5. The van der Waals surface area contributed by atoms with E-state index in [1.165, 1.54) is 16.8 Å². The summed E-state index contributed by atoms with van der Waals surface area (Å²) in [6.45, 7) is 8.04. The molecule has 2 heterocycles. The van der Waals surface area contributed by atoms with Gasteiger partial charge in [0.05, 0.1) is 0 Å². The third-order valence-corrected chi connectivity index (χ3v) is 5.09. The van der Waals surface area contributed by atoms with Crippen molar-refractivity contribution in [1.82, 2.24) is 15.6 Å². The molecule has 0 aliphatic carbocycles. The molecule has 0 amide bonds. The van der Waals surface area contributed by atoms with Gasteiger partial charge in [-0.2, -0.15) is 0 Å². The number of hydrogen-bond acceptors (Lipinski definition) is 3. The predicted molar refractivity (Wildman–Crippen MR) is 113 cm³/mol. The van der Waals surface area contributed by atoms with Crippen LogP contribution in [0.15, 0.2) is 53.8 Å². The van der Waals surface area contributed by atoms with Crippen molar-refractivity contribution in [1.29, 1.82) is 0 Å². The zero-order chi connectivity index (χ0) is 18.9. The maximum atomic E-state index is 4.78. The molecule has 5 nitrogen and oxygen atoms in total. The van der Waals surface area contributed by atoms with E-state index in [1.54, 1.807) is 0 Å². The summed E-state index contributed by atoms with van der Waals surface area (Å²) in [7, 11) is 0. The predicted octanol–water partition coefficient (Wildman–Crippen LogP) is 3.16. The number of guanidine groups is 1. The number of aromatic nitrogens is 1. The molecule has 27 heavy (non-hydrogen) atoms. The maximum absolute atomic E-state index is 4.78. The number of para-hydroxylation sites is 1. The number of rotatable bonds is 6. The first-order chi connectivity index (χ1) is 13.3. The van der Waals surface area contributed by atoms with Gasteiger partial charge in [0.2, 0.25) is 0 Å². The van der Waals surface area contributed by atoms with E-state index in [4.69, 9.17) is 4.99 Å². The zero-order valence-electron chi connectivity index (χ0n) is 16.5. The Labute approximate surface area is 162 Å². The summed E-state index contributed by atoms with van der Waals surface area (Å²) in [6.07, 6.45) is 6.97. The molecule has 5 heteroatoms. The van der Waals surface area contributed by atoms with Crippen molar-refractivity contribution >= 4 is 11.6 Å². The fourth-order valence-electron chi connectivity index (χ4n) is 3.51. The Bertz CT molecular complexity index is 720. The summed E-state index contributed by atoms with van der Waals surface area (Å²) in [5.41, 5.74) is 3.88. The average molecular weight is 366 g/mol. The van der Waals surface area contributed by atoms with Gasteiger partial charge in [-0.15, -0.1) is 0 Å². The number of nitrogens with zero attached hydrogens (tertiary/aromatic N) is 3. The number of pyridine rings is 1. The van der Waals surface area contributed by atoms with Gasteiger partial charge in [-0.25, -0.2) is 0 Å². The van der Waals surface area contributed by atoms with Crippen LogP contribution in [0.25, 0.3) is 0 Å². The van der Waals surface area contributed by atoms with Crippen molar-refractivity contribution < 1.29 is 0 Å². The van der Waals surface area contributed by atoms with E-state index in [1.807, 2.05) is 12.4 Å². The Morgan fingerprint density at radius 3 is 2.67 bits per heavy atom. The smallest absolute Gasteiger partial charge is 0.191 e. The number of piperidine rings is 1. The van der Waals surface area contributed by atoms with Gasteiger partial charge in [0.15, 0.2) is 5.96 Å². The Morgan fingerprint density at radius 1 is 1.19 bits per heavy atom. The summed E-state index contributed by atoms with van der Waals surface area (Å²) in [5.74, 6) is 0.933. The summed E-state index contributed by atoms with van der Waals surface area (Å²) < 4.78 is 0.